The van der Waals surface area contributed by atoms with E-state index in [4.69, 9.17) is 4.74 Å². The van der Waals surface area contributed by atoms with E-state index >= 15 is 0 Å². The number of nitrogens with one attached hydrogen (secondary N) is 2. The standard InChI is InChI=1S/C12H25N3O2/c1-3-12(16)14-9-11-10-15(7-8-17-11)6-5-13-4-2/h11,13H,3-10H2,1-2H3,(H,14,16)/t11-/m0/s1. The summed E-state index contributed by atoms with van der Waals surface area (Å²) >= 11 is 0. The first kappa shape index (κ1) is 14.4. The summed E-state index contributed by atoms with van der Waals surface area (Å²) in [5.74, 6) is 0.0957. The molecule has 2 N–H and O–H groups in total. The molecule has 0 bridgehead atoms. The van der Waals surface area contributed by atoms with Gasteiger partial charge in [-0.2, -0.15) is 0 Å². The molecule has 0 aromatic heterocycles. The van der Waals surface area contributed by atoms with Gasteiger partial charge in [-0.1, -0.05) is 13.8 Å². The fourth-order valence-corrected chi connectivity index (χ4v) is 1.87. The molecule has 1 fully saturated rings. The maximum atomic E-state index is 11.2. The molecule has 1 aliphatic rings. The van der Waals surface area contributed by atoms with E-state index in [-0.39, 0.29) is 12.0 Å². The van der Waals surface area contributed by atoms with E-state index < -0.39 is 0 Å². The first-order valence-corrected chi connectivity index (χ1v) is 6.57. The van der Waals surface area contributed by atoms with Crippen LogP contribution in [-0.4, -0.2) is 62.8 Å². The highest BCUT2D eigenvalue weighted by Crippen LogP contribution is 2.03. The van der Waals surface area contributed by atoms with Gasteiger partial charge in [-0.15, -0.1) is 0 Å². The van der Waals surface area contributed by atoms with Gasteiger partial charge in [-0.3, -0.25) is 9.69 Å². The zero-order chi connectivity index (χ0) is 12.5. The quantitative estimate of drug-likeness (QED) is 0.609. The Hall–Kier alpha value is -0.650. The van der Waals surface area contributed by atoms with Crippen molar-refractivity contribution in [3.8, 4) is 0 Å². The van der Waals surface area contributed by atoms with Crippen molar-refractivity contribution in [2.24, 2.45) is 0 Å². The molecule has 1 amide bonds. The highest BCUT2D eigenvalue weighted by Gasteiger charge is 2.20. The molecule has 5 heteroatoms. The summed E-state index contributed by atoms with van der Waals surface area (Å²) in [5.41, 5.74) is 0. The van der Waals surface area contributed by atoms with Crippen LogP contribution in [-0.2, 0) is 9.53 Å². The number of hydrogen-bond donors (Lipinski definition) is 2. The van der Waals surface area contributed by atoms with Crippen LogP contribution in [0.3, 0.4) is 0 Å². The van der Waals surface area contributed by atoms with Crippen molar-refractivity contribution in [3.63, 3.8) is 0 Å². The second-order valence-electron chi connectivity index (χ2n) is 4.30. The summed E-state index contributed by atoms with van der Waals surface area (Å²) in [6, 6.07) is 0. The Bertz CT molecular complexity index is 224. The van der Waals surface area contributed by atoms with Crippen LogP contribution >= 0.6 is 0 Å². The lowest BCUT2D eigenvalue weighted by atomic mass is 10.2. The van der Waals surface area contributed by atoms with Gasteiger partial charge in [0.05, 0.1) is 12.7 Å². The fourth-order valence-electron chi connectivity index (χ4n) is 1.87. The lowest BCUT2D eigenvalue weighted by Gasteiger charge is -2.33. The van der Waals surface area contributed by atoms with E-state index in [0.29, 0.717) is 13.0 Å². The molecule has 5 nitrogen and oxygen atoms in total. The highest BCUT2D eigenvalue weighted by atomic mass is 16.5. The molecule has 1 saturated heterocycles. The predicted molar refractivity (Wildman–Crippen MR) is 68.0 cm³/mol. The first-order valence-electron chi connectivity index (χ1n) is 6.57. The molecule has 0 aromatic carbocycles. The molecule has 1 rings (SSSR count). The summed E-state index contributed by atoms with van der Waals surface area (Å²) in [5, 5.41) is 6.20. The van der Waals surface area contributed by atoms with Crippen LogP contribution in [0.2, 0.25) is 0 Å². The molecule has 0 aliphatic carbocycles. The van der Waals surface area contributed by atoms with E-state index in [1.807, 2.05) is 6.92 Å². The molecular weight excluding hydrogens is 218 g/mol. The third kappa shape index (κ3) is 6.00. The van der Waals surface area contributed by atoms with E-state index in [1.54, 1.807) is 0 Å². The average molecular weight is 243 g/mol. The summed E-state index contributed by atoms with van der Waals surface area (Å²) < 4.78 is 5.63. The smallest absolute Gasteiger partial charge is 0.219 e. The Morgan fingerprint density at radius 1 is 1.47 bits per heavy atom. The first-order chi connectivity index (χ1) is 8.26. The Labute approximate surface area is 104 Å². The summed E-state index contributed by atoms with van der Waals surface area (Å²) in [6.07, 6.45) is 0.678. The van der Waals surface area contributed by atoms with Crippen molar-refractivity contribution in [3.05, 3.63) is 0 Å². The van der Waals surface area contributed by atoms with Crippen LogP contribution in [0.5, 0.6) is 0 Å². The van der Waals surface area contributed by atoms with Crippen molar-refractivity contribution in [2.75, 3.05) is 45.9 Å². The van der Waals surface area contributed by atoms with E-state index in [9.17, 15) is 4.79 Å². The second kappa shape index (κ2) is 8.44. The van der Waals surface area contributed by atoms with Crippen molar-refractivity contribution < 1.29 is 9.53 Å². The number of amides is 1. The topological polar surface area (TPSA) is 53.6 Å². The van der Waals surface area contributed by atoms with Gasteiger partial charge in [0, 0.05) is 39.1 Å². The van der Waals surface area contributed by atoms with E-state index in [1.165, 1.54) is 0 Å². The molecular formula is C12H25N3O2. The minimum absolute atomic E-state index is 0.0957. The van der Waals surface area contributed by atoms with Crippen molar-refractivity contribution in [1.82, 2.24) is 15.5 Å². The Kier molecular flexibility index (Phi) is 7.16. The SMILES string of the molecule is CCNCCN1CCO[C@@H](CNC(=O)CC)C1. The summed E-state index contributed by atoms with van der Waals surface area (Å²) in [7, 11) is 0. The zero-order valence-electron chi connectivity index (χ0n) is 11.0. The van der Waals surface area contributed by atoms with Crippen LogP contribution in [0, 0.1) is 0 Å². The molecule has 0 aromatic rings. The molecule has 0 spiro atoms. The van der Waals surface area contributed by atoms with Gasteiger partial charge in [0.1, 0.15) is 0 Å². The lowest BCUT2D eigenvalue weighted by molar-refractivity contribution is -0.122. The van der Waals surface area contributed by atoms with Gasteiger partial charge in [0.15, 0.2) is 0 Å². The molecule has 0 radical (unpaired) electrons. The average Bonchev–Trinajstić information content (AvgIpc) is 2.37. The number of carbonyl (C=O) groups excluding carboxylic acids is 1. The number of rotatable bonds is 7. The van der Waals surface area contributed by atoms with Gasteiger partial charge in [0.2, 0.25) is 5.91 Å². The van der Waals surface area contributed by atoms with E-state index in [2.05, 4.69) is 22.5 Å². The zero-order valence-corrected chi connectivity index (χ0v) is 11.0. The fraction of sp³-hybridized carbons (Fsp3) is 0.917. The Balaban J connectivity index is 2.16. The monoisotopic (exact) mass is 243 g/mol. The van der Waals surface area contributed by atoms with Crippen LogP contribution < -0.4 is 10.6 Å². The third-order valence-corrected chi connectivity index (χ3v) is 2.93. The van der Waals surface area contributed by atoms with Crippen LogP contribution in [0.15, 0.2) is 0 Å². The normalized spacial score (nSPS) is 21.4. The Morgan fingerprint density at radius 3 is 3.00 bits per heavy atom. The minimum Gasteiger partial charge on any atom is -0.374 e. The van der Waals surface area contributed by atoms with Gasteiger partial charge in [-0.25, -0.2) is 0 Å². The summed E-state index contributed by atoms with van der Waals surface area (Å²) in [6.45, 7) is 10.4. The molecule has 0 saturated carbocycles. The van der Waals surface area contributed by atoms with Gasteiger partial charge >= 0.3 is 0 Å². The maximum Gasteiger partial charge on any atom is 0.219 e. The molecule has 17 heavy (non-hydrogen) atoms. The number of ether oxygens (including phenoxy) is 1. The Morgan fingerprint density at radius 2 is 2.29 bits per heavy atom. The number of morpholine rings is 1. The van der Waals surface area contributed by atoms with Crippen LogP contribution in [0.4, 0.5) is 0 Å². The number of likely N-dealkylation sites (N-methyl/N-ethyl adjacent to an activating group) is 1. The van der Waals surface area contributed by atoms with Crippen molar-refractivity contribution in [1.29, 1.82) is 0 Å². The number of hydrogen-bond acceptors (Lipinski definition) is 4. The van der Waals surface area contributed by atoms with Crippen molar-refractivity contribution in [2.45, 2.75) is 26.4 Å². The highest BCUT2D eigenvalue weighted by molar-refractivity contribution is 5.75. The molecule has 100 valence electrons. The molecule has 1 heterocycles. The molecule has 0 unspecified atom stereocenters. The lowest BCUT2D eigenvalue weighted by Crippen LogP contribution is -2.49. The van der Waals surface area contributed by atoms with Gasteiger partial charge in [-0.05, 0) is 6.54 Å². The minimum atomic E-state index is 0.0957. The predicted octanol–water partition coefficient (Wildman–Crippen LogP) is -0.177. The third-order valence-electron chi connectivity index (χ3n) is 2.93. The maximum absolute atomic E-state index is 11.2. The molecule has 1 atom stereocenters. The van der Waals surface area contributed by atoms with Crippen molar-refractivity contribution >= 4 is 5.91 Å². The van der Waals surface area contributed by atoms with E-state index in [0.717, 1.165) is 39.3 Å². The summed E-state index contributed by atoms with van der Waals surface area (Å²) in [4.78, 5) is 13.5. The van der Waals surface area contributed by atoms with Crippen LogP contribution in [0.1, 0.15) is 20.3 Å². The number of nitrogens with zero attached hydrogens (tertiary/aromatic N) is 1. The molecule has 1 aliphatic heterocycles. The van der Waals surface area contributed by atoms with Gasteiger partial charge < -0.3 is 15.4 Å². The van der Waals surface area contributed by atoms with Gasteiger partial charge in [0.25, 0.3) is 0 Å². The number of carbonyl (C=O) groups is 1. The van der Waals surface area contributed by atoms with Crippen LogP contribution in [0.25, 0.3) is 0 Å². The largest absolute Gasteiger partial charge is 0.374 e. The second-order valence-corrected chi connectivity index (χ2v) is 4.30.